The zero-order valence-electron chi connectivity index (χ0n) is 9.26. The molecule has 0 bridgehead atoms. The third-order valence-corrected chi connectivity index (χ3v) is 3.26. The summed E-state index contributed by atoms with van der Waals surface area (Å²) < 4.78 is 0. The minimum absolute atomic E-state index is 0.487. The van der Waals surface area contributed by atoms with E-state index in [0.29, 0.717) is 6.42 Å². The van der Waals surface area contributed by atoms with Crippen molar-refractivity contribution in [1.29, 1.82) is 0 Å². The molecule has 1 atom stereocenters. The number of aliphatic hydroxyl groups is 1. The molecular weight excluding hydrogens is 218 g/mol. The largest absolute Gasteiger partial charge is 0.386 e. The molecule has 0 radical (unpaired) electrons. The number of nitrogens with zero attached hydrogens (tertiary/aromatic N) is 1. The van der Waals surface area contributed by atoms with Crippen LogP contribution in [0.4, 0.5) is 0 Å². The van der Waals surface area contributed by atoms with Crippen LogP contribution in [0.15, 0.2) is 35.2 Å². The van der Waals surface area contributed by atoms with Gasteiger partial charge >= 0.3 is 0 Å². The molecule has 3 heteroatoms. The SMILES string of the molecule is CCc1ccc(CC(O)c2cscn2)cc1. The fourth-order valence-corrected chi connectivity index (χ4v) is 2.23. The van der Waals surface area contributed by atoms with Crippen LogP contribution in [-0.4, -0.2) is 10.1 Å². The van der Waals surface area contributed by atoms with Crippen molar-refractivity contribution in [2.45, 2.75) is 25.9 Å². The van der Waals surface area contributed by atoms with E-state index in [1.54, 1.807) is 5.51 Å². The van der Waals surface area contributed by atoms with Gasteiger partial charge in [0.15, 0.2) is 0 Å². The van der Waals surface area contributed by atoms with Gasteiger partial charge in [0, 0.05) is 11.8 Å². The molecule has 1 heterocycles. The maximum absolute atomic E-state index is 9.93. The number of thiazole rings is 1. The average molecular weight is 233 g/mol. The summed E-state index contributed by atoms with van der Waals surface area (Å²) in [6.07, 6.45) is 1.20. The summed E-state index contributed by atoms with van der Waals surface area (Å²) in [6, 6.07) is 8.38. The molecule has 0 saturated heterocycles. The summed E-state index contributed by atoms with van der Waals surface area (Å²) in [7, 11) is 0. The van der Waals surface area contributed by atoms with Crippen LogP contribution < -0.4 is 0 Å². The zero-order valence-corrected chi connectivity index (χ0v) is 10.1. The minimum atomic E-state index is -0.487. The van der Waals surface area contributed by atoms with E-state index in [1.807, 2.05) is 5.38 Å². The highest BCUT2D eigenvalue weighted by atomic mass is 32.1. The molecule has 1 aromatic carbocycles. The van der Waals surface area contributed by atoms with Crippen LogP contribution in [0.1, 0.15) is 29.8 Å². The van der Waals surface area contributed by atoms with E-state index in [9.17, 15) is 5.11 Å². The summed E-state index contributed by atoms with van der Waals surface area (Å²) >= 11 is 1.51. The van der Waals surface area contributed by atoms with Crippen molar-refractivity contribution in [3.05, 3.63) is 52.0 Å². The standard InChI is InChI=1S/C13H15NOS/c1-2-10-3-5-11(6-4-10)7-13(15)12-8-16-9-14-12/h3-6,8-9,13,15H,2,7H2,1H3. The second-order valence-corrected chi connectivity index (χ2v) is 4.52. The molecule has 0 fully saturated rings. The lowest BCUT2D eigenvalue weighted by Gasteiger charge is -2.08. The molecule has 84 valence electrons. The van der Waals surface area contributed by atoms with E-state index >= 15 is 0 Å². The number of aryl methyl sites for hydroxylation is 1. The summed E-state index contributed by atoms with van der Waals surface area (Å²) in [5.41, 5.74) is 4.99. The number of aliphatic hydroxyl groups excluding tert-OH is 1. The molecule has 1 unspecified atom stereocenters. The van der Waals surface area contributed by atoms with E-state index in [2.05, 4.69) is 36.2 Å². The number of benzene rings is 1. The van der Waals surface area contributed by atoms with Gasteiger partial charge in [0.2, 0.25) is 0 Å². The first kappa shape index (κ1) is 11.3. The zero-order chi connectivity index (χ0) is 11.4. The normalized spacial score (nSPS) is 12.6. The highest BCUT2D eigenvalue weighted by Gasteiger charge is 2.09. The quantitative estimate of drug-likeness (QED) is 0.880. The number of hydrogen-bond acceptors (Lipinski definition) is 3. The Morgan fingerprint density at radius 1 is 1.25 bits per heavy atom. The van der Waals surface area contributed by atoms with Gasteiger partial charge < -0.3 is 5.11 Å². The lowest BCUT2D eigenvalue weighted by molar-refractivity contribution is 0.174. The second kappa shape index (κ2) is 5.23. The van der Waals surface area contributed by atoms with Crippen LogP contribution in [0.5, 0.6) is 0 Å². The van der Waals surface area contributed by atoms with Gasteiger partial charge in [-0.15, -0.1) is 11.3 Å². The highest BCUT2D eigenvalue weighted by molar-refractivity contribution is 7.07. The lowest BCUT2D eigenvalue weighted by Crippen LogP contribution is -2.01. The molecule has 0 aliphatic carbocycles. The van der Waals surface area contributed by atoms with E-state index in [4.69, 9.17) is 0 Å². The second-order valence-electron chi connectivity index (χ2n) is 3.80. The van der Waals surface area contributed by atoms with E-state index in [1.165, 1.54) is 16.9 Å². The third-order valence-electron chi connectivity index (χ3n) is 2.65. The first-order valence-electron chi connectivity index (χ1n) is 5.43. The molecule has 1 aromatic heterocycles. The highest BCUT2D eigenvalue weighted by Crippen LogP contribution is 2.18. The first-order valence-corrected chi connectivity index (χ1v) is 6.38. The Labute approximate surface area is 99.6 Å². The van der Waals surface area contributed by atoms with Gasteiger partial charge in [0.1, 0.15) is 6.10 Å². The van der Waals surface area contributed by atoms with E-state index < -0.39 is 6.10 Å². The van der Waals surface area contributed by atoms with Crippen LogP contribution in [0.3, 0.4) is 0 Å². The van der Waals surface area contributed by atoms with Crippen molar-refractivity contribution in [2.75, 3.05) is 0 Å². The average Bonchev–Trinajstić information content (AvgIpc) is 2.83. The topological polar surface area (TPSA) is 33.1 Å². The minimum Gasteiger partial charge on any atom is -0.386 e. The third kappa shape index (κ3) is 2.68. The number of aromatic nitrogens is 1. The Morgan fingerprint density at radius 2 is 1.94 bits per heavy atom. The van der Waals surface area contributed by atoms with Crippen LogP contribution in [-0.2, 0) is 12.8 Å². The van der Waals surface area contributed by atoms with Crippen molar-refractivity contribution in [3.63, 3.8) is 0 Å². The summed E-state index contributed by atoms with van der Waals surface area (Å²) in [5.74, 6) is 0. The van der Waals surface area contributed by atoms with Gasteiger partial charge in [-0.05, 0) is 17.5 Å². The molecule has 2 rings (SSSR count). The van der Waals surface area contributed by atoms with Gasteiger partial charge in [-0.3, -0.25) is 0 Å². The van der Waals surface area contributed by atoms with E-state index in [-0.39, 0.29) is 0 Å². The van der Waals surface area contributed by atoms with E-state index in [0.717, 1.165) is 17.7 Å². The Balaban J connectivity index is 2.03. The summed E-state index contributed by atoms with van der Waals surface area (Å²) in [5, 5.41) is 11.8. The van der Waals surface area contributed by atoms with Crippen molar-refractivity contribution < 1.29 is 5.11 Å². The Bertz CT molecular complexity index is 422. The molecule has 0 amide bonds. The molecule has 0 spiro atoms. The number of hydrogen-bond donors (Lipinski definition) is 1. The maximum atomic E-state index is 9.93. The van der Waals surface area contributed by atoms with Gasteiger partial charge in [0.25, 0.3) is 0 Å². The fraction of sp³-hybridized carbons (Fsp3) is 0.308. The first-order chi connectivity index (χ1) is 7.79. The van der Waals surface area contributed by atoms with Gasteiger partial charge in [-0.25, -0.2) is 4.98 Å². The van der Waals surface area contributed by atoms with Crippen LogP contribution in [0.2, 0.25) is 0 Å². The Kier molecular flexibility index (Phi) is 3.70. The van der Waals surface area contributed by atoms with Gasteiger partial charge in [0.05, 0.1) is 11.2 Å². The van der Waals surface area contributed by atoms with Crippen LogP contribution in [0, 0.1) is 0 Å². The molecule has 16 heavy (non-hydrogen) atoms. The van der Waals surface area contributed by atoms with Crippen molar-refractivity contribution in [1.82, 2.24) is 4.98 Å². The Morgan fingerprint density at radius 3 is 2.50 bits per heavy atom. The Hall–Kier alpha value is -1.19. The predicted octanol–water partition coefficient (Wildman–Crippen LogP) is 2.98. The smallest absolute Gasteiger partial charge is 0.101 e. The molecule has 0 aliphatic heterocycles. The molecule has 2 nitrogen and oxygen atoms in total. The molecule has 2 aromatic rings. The van der Waals surface area contributed by atoms with Crippen LogP contribution in [0.25, 0.3) is 0 Å². The molecule has 1 N–H and O–H groups in total. The van der Waals surface area contributed by atoms with Gasteiger partial charge in [-0.2, -0.15) is 0 Å². The molecular formula is C13H15NOS. The fourth-order valence-electron chi connectivity index (χ4n) is 1.63. The summed E-state index contributed by atoms with van der Waals surface area (Å²) in [6.45, 7) is 2.14. The summed E-state index contributed by atoms with van der Waals surface area (Å²) in [4.78, 5) is 4.11. The number of rotatable bonds is 4. The lowest BCUT2D eigenvalue weighted by atomic mass is 10.0. The van der Waals surface area contributed by atoms with Crippen molar-refractivity contribution in [3.8, 4) is 0 Å². The van der Waals surface area contributed by atoms with Gasteiger partial charge in [-0.1, -0.05) is 31.2 Å². The van der Waals surface area contributed by atoms with Crippen molar-refractivity contribution >= 4 is 11.3 Å². The maximum Gasteiger partial charge on any atom is 0.101 e. The monoisotopic (exact) mass is 233 g/mol. The molecule has 0 aliphatic rings. The molecule has 0 saturated carbocycles. The van der Waals surface area contributed by atoms with Crippen LogP contribution >= 0.6 is 11.3 Å². The van der Waals surface area contributed by atoms with Crippen molar-refractivity contribution in [2.24, 2.45) is 0 Å². The predicted molar refractivity (Wildman–Crippen MR) is 66.6 cm³/mol.